The Balaban J connectivity index is 2.51. The molecule has 1 aromatic heterocycles. The third kappa shape index (κ3) is 2.47. The third-order valence-electron chi connectivity index (χ3n) is 2.44. The van der Waals surface area contributed by atoms with Crippen molar-refractivity contribution in [2.24, 2.45) is 5.73 Å². The molecule has 2 N–H and O–H groups in total. The van der Waals surface area contributed by atoms with E-state index in [-0.39, 0.29) is 5.69 Å². The van der Waals surface area contributed by atoms with Crippen molar-refractivity contribution < 1.29 is 4.79 Å². The highest BCUT2D eigenvalue weighted by atomic mass is 16.1. The van der Waals surface area contributed by atoms with Gasteiger partial charge in [-0.25, -0.2) is 9.97 Å². The molecule has 0 spiro atoms. The number of aromatic nitrogens is 2. The summed E-state index contributed by atoms with van der Waals surface area (Å²) < 4.78 is 0. The molecule has 0 atom stereocenters. The van der Waals surface area contributed by atoms with Gasteiger partial charge in [-0.3, -0.25) is 4.79 Å². The Labute approximate surface area is 99.5 Å². The number of nitrogens with zero attached hydrogens (tertiary/aromatic N) is 2. The molecule has 0 aliphatic rings. The molecule has 0 saturated carbocycles. The van der Waals surface area contributed by atoms with Crippen LogP contribution >= 0.6 is 0 Å². The van der Waals surface area contributed by atoms with Crippen LogP contribution in [0.1, 0.15) is 21.9 Å². The van der Waals surface area contributed by atoms with Crippen molar-refractivity contribution in [2.75, 3.05) is 0 Å². The Kier molecular flexibility index (Phi) is 2.87. The summed E-state index contributed by atoms with van der Waals surface area (Å²) in [6, 6.07) is 9.52. The molecule has 2 aromatic rings. The minimum Gasteiger partial charge on any atom is -0.364 e. The second kappa shape index (κ2) is 4.33. The van der Waals surface area contributed by atoms with E-state index >= 15 is 0 Å². The van der Waals surface area contributed by atoms with E-state index in [1.807, 2.05) is 31.2 Å². The standard InChI is InChI=1S/C13H13N3O/c1-8-3-5-10(6-4-8)11-7-12(13(14)17)16-9(2)15-11/h3-7H,1-2H3,(H2,14,17). The molecule has 4 heteroatoms. The fraction of sp³-hybridized carbons (Fsp3) is 0.154. The van der Waals surface area contributed by atoms with Gasteiger partial charge in [-0.1, -0.05) is 29.8 Å². The van der Waals surface area contributed by atoms with Crippen molar-refractivity contribution in [1.29, 1.82) is 0 Å². The van der Waals surface area contributed by atoms with Gasteiger partial charge in [0.2, 0.25) is 0 Å². The van der Waals surface area contributed by atoms with Gasteiger partial charge in [-0.2, -0.15) is 0 Å². The molecule has 0 aliphatic heterocycles. The maximum atomic E-state index is 11.1. The highest BCUT2D eigenvalue weighted by Crippen LogP contribution is 2.18. The topological polar surface area (TPSA) is 68.9 Å². The second-order valence-corrected chi connectivity index (χ2v) is 3.92. The third-order valence-corrected chi connectivity index (χ3v) is 2.44. The van der Waals surface area contributed by atoms with Gasteiger partial charge in [0.15, 0.2) is 0 Å². The van der Waals surface area contributed by atoms with E-state index in [2.05, 4.69) is 9.97 Å². The van der Waals surface area contributed by atoms with Crippen molar-refractivity contribution in [2.45, 2.75) is 13.8 Å². The zero-order valence-electron chi connectivity index (χ0n) is 9.77. The van der Waals surface area contributed by atoms with Crippen LogP contribution in [0.2, 0.25) is 0 Å². The summed E-state index contributed by atoms with van der Waals surface area (Å²) in [6.45, 7) is 3.76. The lowest BCUT2D eigenvalue weighted by atomic mass is 10.1. The van der Waals surface area contributed by atoms with Crippen LogP contribution in [0.3, 0.4) is 0 Å². The monoisotopic (exact) mass is 227 g/mol. The average Bonchev–Trinajstić information content (AvgIpc) is 2.29. The highest BCUT2D eigenvalue weighted by molar-refractivity contribution is 5.91. The predicted octanol–water partition coefficient (Wildman–Crippen LogP) is 1.86. The summed E-state index contributed by atoms with van der Waals surface area (Å²) >= 11 is 0. The van der Waals surface area contributed by atoms with E-state index in [1.54, 1.807) is 13.0 Å². The molecule has 0 aliphatic carbocycles. The van der Waals surface area contributed by atoms with Crippen LogP contribution in [0.25, 0.3) is 11.3 Å². The van der Waals surface area contributed by atoms with Crippen LogP contribution in [-0.2, 0) is 0 Å². The molecule has 17 heavy (non-hydrogen) atoms. The lowest BCUT2D eigenvalue weighted by molar-refractivity contribution is 0.0995. The number of hydrogen-bond acceptors (Lipinski definition) is 3. The summed E-state index contributed by atoms with van der Waals surface area (Å²) in [7, 11) is 0. The summed E-state index contributed by atoms with van der Waals surface area (Å²) in [6.07, 6.45) is 0. The van der Waals surface area contributed by atoms with Crippen molar-refractivity contribution >= 4 is 5.91 Å². The molecule has 0 bridgehead atoms. The molecule has 86 valence electrons. The first-order valence-electron chi connectivity index (χ1n) is 5.29. The van der Waals surface area contributed by atoms with Gasteiger partial charge in [-0.15, -0.1) is 0 Å². The number of nitrogens with two attached hydrogens (primary N) is 1. The fourth-order valence-corrected chi connectivity index (χ4v) is 1.57. The van der Waals surface area contributed by atoms with Gasteiger partial charge in [0.25, 0.3) is 5.91 Å². The maximum absolute atomic E-state index is 11.1. The molecule has 0 unspecified atom stereocenters. The van der Waals surface area contributed by atoms with E-state index in [9.17, 15) is 4.79 Å². The maximum Gasteiger partial charge on any atom is 0.267 e. The largest absolute Gasteiger partial charge is 0.364 e. The van der Waals surface area contributed by atoms with Gasteiger partial charge in [0.05, 0.1) is 5.69 Å². The van der Waals surface area contributed by atoms with Crippen molar-refractivity contribution in [1.82, 2.24) is 9.97 Å². The molecule has 2 rings (SSSR count). The molecule has 1 amide bonds. The smallest absolute Gasteiger partial charge is 0.267 e. The molecule has 0 radical (unpaired) electrons. The van der Waals surface area contributed by atoms with Gasteiger partial charge in [0, 0.05) is 5.56 Å². The lowest BCUT2D eigenvalue weighted by Crippen LogP contribution is -2.14. The Hall–Kier alpha value is -2.23. The molecular weight excluding hydrogens is 214 g/mol. The molecule has 1 aromatic carbocycles. The van der Waals surface area contributed by atoms with E-state index in [1.165, 1.54) is 5.56 Å². The molecule has 1 heterocycles. The number of carbonyl (C=O) groups is 1. The summed E-state index contributed by atoms with van der Waals surface area (Å²) in [4.78, 5) is 19.4. The summed E-state index contributed by atoms with van der Waals surface area (Å²) in [5.74, 6) is 0.000682. The zero-order chi connectivity index (χ0) is 12.4. The van der Waals surface area contributed by atoms with E-state index in [4.69, 9.17) is 5.73 Å². The highest BCUT2D eigenvalue weighted by Gasteiger charge is 2.07. The predicted molar refractivity (Wildman–Crippen MR) is 65.5 cm³/mol. The van der Waals surface area contributed by atoms with Crippen molar-refractivity contribution in [3.8, 4) is 11.3 Å². The lowest BCUT2D eigenvalue weighted by Gasteiger charge is -2.04. The van der Waals surface area contributed by atoms with Gasteiger partial charge >= 0.3 is 0 Å². The average molecular weight is 227 g/mol. The second-order valence-electron chi connectivity index (χ2n) is 3.92. The van der Waals surface area contributed by atoms with Crippen LogP contribution in [-0.4, -0.2) is 15.9 Å². The number of carbonyl (C=O) groups excluding carboxylic acids is 1. The minimum absolute atomic E-state index is 0.244. The quantitative estimate of drug-likeness (QED) is 0.851. The number of hydrogen-bond donors (Lipinski definition) is 1. The molecule has 0 fully saturated rings. The van der Waals surface area contributed by atoms with E-state index < -0.39 is 5.91 Å². The minimum atomic E-state index is -0.538. The van der Waals surface area contributed by atoms with Crippen molar-refractivity contribution in [3.63, 3.8) is 0 Å². The SMILES string of the molecule is Cc1ccc(-c2cc(C(N)=O)nc(C)n2)cc1. The van der Waals surface area contributed by atoms with Crippen LogP contribution in [0.4, 0.5) is 0 Å². The van der Waals surface area contributed by atoms with Crippen molar-refractivity contribution in [3.05, 3.63) is 47.4 Å². The van der Waals surface area contributed by atoms with Gasteiger partial charge in [-0.05, 0) is 19.9 Å². The van der Waals surface area contributed by atoms with Crippen LogP contribution < -0.4 is 5.73 Å². The zero-order valence-corrected chi connectivity index (χ0v) is 9.77. The number of rotatable bonds is 2. The normalized spacial score (nSPS) is 10.2. The Bertz CT molecular complexity index is 561. The number of benzene rings is 1. The van der Waals surface area contributed by atoms with Crippen LogP contribution in [0, 0.1) is 13.8 Å². The van der Waals surface area contributed by atoms with E-state index in [0.717, 1.165) is 5.56 Å². The van der Waals surface area contributed by atoms with Crippen LogP contribution in [0.5, 0.6) is 0 Å². The first kappa shape index (κ1) is 11.3. The molecular formula is C13H13N3O. The Morgan fingerprint density at radius 1 is 1.12 bits per heavy atom. The summed E-state index contributed by atoms with van der Waals surface area (Å²) in [5, 5.41) is 0. The number of amides is 1. The first-order chi connectivity index (χ1) is 8.06. The molecule has 4 nitrogen and oxygen atoms in total. The Morgan fingerprint density at radius 3 is 2.35 bits per heavy atom. The fourth-order valence-electron chi connectivity index (χ4n) is 1.57. The number of aryl methyl sites for hydroxylation is 2. The summed E-state index contributed by atoms with van der Waals surface area (Å²) in [5.41, 5.74) is 8.31. The van der Waals surface area contributed by atoms with E-state index in [0.29, 0.717) is 11.5 Å². The number of primary amides is 1. The van der Waals surface area contributed by atoms with Gasteiger partial charge in [0.1, 0.15) is 11.5 Å². The van der Waals surface area contributed by atoms with Gasteiger partial charge < -0.3 is 5.73 Å². The van der Waals surface area contributed by atoms with Crippen LogP contribution in [0.15, 0.2) is 30.3 Å². The Morgan fingerprint density at radius 2 is 1.76 bits per heavy atom. The molecule has 0 saturated heterocycles. The first-order valence-corrected chi connectivity index (χ1v) is 5.29.